The van der Waals surface area contributed by atoms with Crippen molar-refractivity contribution in [2.45, 2.75) is 6.54 Å². The third kappa shape index (κ3) is 5.42. The van der Waals surface area contributed by atoms with Crippen molar-refractivity contribution in [2.75, 3.05) is 7.11 Å². The predicted molar refractivity (Wildman–Crippen MR) is 101 cm³/mol. The first-order valence-electron chi connectivity index (χ1n) is 7.12. The Labute approximate surface area is 160 Å². The molecular weight excluding hydrogens is 383 g/mol. The zero-order chi connectivity index (χ0) is 18.4. The molecule has 130 valence electrons. The van der Waals surface area contributed by atoms with Crippen LogP contribution < -0.4 is 10.6 Å². The Kier molecular flexibility index (Phi) is 6.75. The molecule has 0 heterocycles. The lowest BCUT2D eigenvalue weighted by molar-refractivity contribution is 0.0600. The van der Waals surface area contributed by atoms with Gasteiger partial charge >= 0.3 is 5.97 Å². The first kappa shape index (κ1) is 19.2. The number of halogens is 2. The van der Waals surface area contributed by atoms with Crippen molar-refractivity contribution in [1.82, 2.24) is 10.6 Å². The number of hydrogen-bond donors (Lipinski definition) is 2. The minimum Gasteiger partial charge on any atom is -0.465 e. The number of hydrogen-bond acceptors (Lipinski definition) is 4. The minimum absolute atomic E-state index is 0.138. The van der Waals surface area contributed by atoms with Crippen molar-refractivity contribution < 1.29 is 14.3 Å². The monoisotopic (exact) mass is 396 g/mol. The smallest absolute Gasteiger partial charge is 0.337 e. The van der Waals surface area contributed by atoms with Gasteiger partial charge in [0.15, 0.2) is 5.11 Å². The van der Waals surface area contributed by atoms with Crippen molar-refractivity contribution in [3.05, 3.63) is 69.2 Å². The Balaban J connectivity index is 1.96. The maximum absolute atomic E-state index is 12.2. The number of benzene rings is 2. The summed E-state index contributed by atoms with van der Waals surface area (Å²) in [5.74, 6) is -0.960. The maximum atomic E-state index is 12.2. The number of amides is 1. The molecule has 0 fully saturated rings. The molecule has 2 aromatic carbocycles. The van der Waals surface area contributed by atoms with Crippen LogP contribution in [0.15, 0.2) is 42.5 Å². The first-order chi connectivity index (χ1) is 11.9. The highest BCUT2D eigenvalue weighted by Crippen LogP contribution is 2.20. The van der Waals surface area contributed by atoms with Crippen molar-refractivity contribution in [1.29, 1.82) is 0 Å². The van der Waals surface area contributed by atoms with Gasteiger partial charge in [-0.15, -0.1) is 0 Å². The fraction of sp³-hybridized carbons (Fsp3) is 0.118. The Morgan fingerprint density at radius 2 is 1.84 bits per heavy atom. The molecule has 2 rings (SSSR count). The molecule has 1 amide bonds. The highest BCUT2D eigenvalue weighted by molar-refractivity contribution is 7.80. The summed E-state index contributed by atoms with van der Waals surface area (Å²) in [6.07, 6.45) is 0. The molecule has 25 heavy (non-hydrogen) atoms. The van der Waals surface area contributed by atoms with Crippen LogP contribution >= 0.6 is 35.4 Å². The van der Waals surface area contributed by atoms with Gasteiger partial charge < -0.3 is 10.1 Å². The Morgan fingerprint density at radius 1 is 1.12 bits per heavy atom. The molecule has 0 aliphatic rings. The molecule has 0 atom stereocenters. The second-order valence-electron chi connectivity index (χ2n) is 4.94. The lowest BCUT2D eigenvalue weighted by Gasteiger charge is -2.11. The van der Waals surface area contributed by atoms with Crippen LogP contribution in [0.3, 0.4) is 0 Å². The van der Waals surface area contributed by atoms with Gasteiger partial charge in [0.1, 0.15) is 0 Å². The van der Waals surface area contributed by atoms with E-state index >= 15 is 0 Å². The van der Waals surface area contributed by atoms with E-state index in [0.29, 0.717) is 16.6 Å². The molecule has 0 aromatic heterocycles. The summed E-state index contributed by atoms with van der Waals surface area (Å²) in [7, 11) is 1.27. The van der Waals surface area contributed by atoms with Crippen LogP contribution in [-0.2, 0) is 11.3 Å². The molecule has 0 spiro atoms. The summed E-state index contributed by atoms with van der Waals surface area (Å²) in [5.41, 5.74) is 1.36. The molecule has 5 nitrogen and oxygen atoms in total. The van der Waals surface area contributed by atoms with E-state index in [9.17, 15) is 9.59 Å². The number of carbonyl (C=O) groups is 2. The van der Waals surface area contributed by atoms with Gasteiger partial charge in [0.05, 0.1) is 12.7 Å². The molecule has 2 aromatic rings. The van der Waals surface area contributed by atoms with E-state index in [1.807, 2.05) is 0 Å². The third-order valence-electron chi connectivity index (χ3n) is 3.23. The van der Waals surface area contributed by atoms with E-state index in [1.54, 1.807) is 36.4 Å². The zero-order valence-corrected chi connectivity index (χ0v) is 15.5. The van der Waals surface area contributed by atoms with Crippen LogP contribution in [0.25, 0.3) is 0 Å². The zero-order valence-electron chi connectivity index (χ0n) is 13.1. The lowest BCUT2D eigenvalue weighted by atomic mass is 10.1. The average Bonchev–Trinajstić information content (AvgIpc) is 2.60. The number of nitrogens with one attached hydrogen (secondary N) is 2. The van der Waals surface area contributed by atoms with E-state index in [1.165, 1.54) is 13.2 Å². The van der Waals surface area contributed by atoms with Gasteiger partial charge in [0, 0.05) is 22.2 Å². The fourth-order valence-electron chi connectivity index (χ4n) is 1.97. The summed E-state index contributed by atoms with van der Waals surface area (Å²) in [6.45, 7) is 0.331. The largest absolute Gasteiger partial charge is 0.465 e. The average molecular weight is 397 g/mol. The Bertz CT molecular complexity index is 827. The number of carbonyl (C=O) groups excluding carboxylic acids is 2. The van der Waals surface area contributed by atoms with Gasteiger partial charge in [-0.2, -0.15) is 0 Å². The number of esters is 1. The summed E-state index contributed by atoms with van der Waals surface area (Å²) >= 11 is 17.0. The molecule has 0 bridgehead atoms. The quantitative estimate of drug-likeness (QED) is 0.610. The normalized spacial score (nSPS) is 10.0. The van der Waals surface area contributed by atoms with E-state index in [4.69, 9.17) is 35.4 Å². The second kappa shape index (κ2) is 8.80. The van der Waals surface area contributed by atoms with Crippen molar-refractivity contribution in [3.63, 3.8) is 0 Å². The molecule has 0 saturated carbocycles. The highest BCUT2D eigenvalue weighted by atomic mass is 35.5. The maximum Gasteiger partial charge on any atom is 0.337 e. The van der Waals surface area contributed by atoms with Gasteiger partial charge in [-0.1, -0.05) is 35.3 Å². The summed E-state index contributed by atoms with van der Waals surface area (Å²) in [5, 5.41) is 6.61. The van der Waals surface area contributed by atoms with E-state index in [0.717, 1.165) is 5.56 Å². The number of rotatable bonds is 4. The van der Waals surface area contributed by atoms with Gasteiger partial charge in [-0.25, -0.2) is 4.79 Å². The SMILES string of the molecule is COC(=O)c1cccc(C(=O)NC(=S)NCc2ccc(Cl)cc2Cl)c1. The van der Waals surface area contributed by atoms with Crippen LogP contribution in [0.4, 0.5) is 0 Å². The minimum atomic E-state index is -0.521. The molecule has 8 heteroatoms. The standard InChI is InChI=1S/C17H14Cl2N2O3S/c1-24-16(23)11-4-2-3-10(7-11)15(22)21-17(25)20-9-12-5-6-13(18)8-14(12)19/h2-8H,9H2,1H3,(H2,20,21,22,25). The number of methoxy groups -OCH3 is 1. The van der Waals surface area contributed by atoms with Crippen molar-refractivity contribution in [2.24, 2.45) is 0 Å². The molecule has 0 saturated heterocycles. The van der Waals surface area contributed by atoms with E-state index in [-0.39, 0.29) is 16.2 Å². The third-order valence-corrected chi connectivity index (χ3v) is 4.06. The number of ether oxygens (including phenoxy) is 1. The summed E-state index contributed by atoms with van der Waals surface area (Å²) < 4.78 is 4.63. The molecule has 0 aliphatic heterocycles. The van der Waals surface area contributed by atoms with Crippen LogP contribution in [0.5, 0.6) is 0 Å². The van der Waals surface area contributed by atoms with Crippen molar-refractivity contribution >= 4 is 52.4 Å². The number of thiocarbonyl (C=S) groups is 1. The van der Waals surface area contributed by atoms with Crippen LogP contribution in [-0.4, -0.2) is 24.1 Å². The molecule has 0 unspecified atom stereocenters. The predicted octanol–water partition coefficient (Wildman–Crippen LogP) is 3.58. The van der Waals surface area contributed by atoms with Gasteiger partial charge in [0.2, 0.25) is 0 Å². The first-order valence-corrected chi connectivity index (χ1v) is 8.28. The highest BCUT2D eigenvalue weighted by Gasteiger charge is 2.12. The lowest BCUT2D eigenvalue weighted by Crippen LogP contribution is -2.38. The molecular formula is C17H14Cl2N2O3S. The van der Waals surface area contributed by atoms with Crippen LogP contribution in [0.2, 0.25) is 10.0 Å². The van der Waals surface area contributed by atoms with Crippen LogP contribution in [0, 0.1) is 0 Å². The molecule has 0 aliphatic carbocycles. The molecule has 0 radical (unpaired) electrons. The van der Waals surface area contributed by atoms with Gasteiger partial charge in [-0.05, 0) is 48.1 Å². The Morgan fingerprint density at radius 3 is 2.52 bits per heavy atom. The van der Waals surface area contributed by atoms with Crippen molar-refractivity contribution in [3.8, 4) is 0 Å². The van der Waals surface area contributed by atoms with E-state index in [2.05, 4.69) is 15.4 Å². The topological polar surface area (TPSA) is 67.4 Å². The molecule has 2 N–H and O–H groups in total. The summed E-state index contributed by atoms with van der Waals surface area (Å²) in [6, 6.07) is 11.2. The van der Waals surface area contributed by atoms with Gasteiger partial charge in [0.25, 0.3) is 5.91 Å². The van der Waals surface area contributed by atoms with E-state index < -0.39 is 11.9 Å². The second-order valence-corrected chi connectivity index (χ2v) is 6.20. The van der Waals surface area contributed by atoms with Gasteiger partial charge in [-0.3, -0.25) is 10.1 Å². The Hall–Kier alpha value is -2.15. The fourth-order valence-corrected chi connectivity index (χ4v) is 2.61. The van der Waals surface area contributed by atoms with Crippen LogP contribution in [0.1, 0.15) is 26.3 Å². The summed E-state index contributed by atoms with van der Waals surface area (Å²) in [4.78, 5) is 23.7.